The fourth-order valence-electron chi connectivity index (χ4n) is 2.96. The number of hydrogen-bond donors (Lipinski definition) is 0. The lowest BCUT2D eigenvalue weighted by atomic mass is 10.1. The van der Waals surface area contributed by atoms with Crippen molar-refractivity contribution >= 4 is 57.3 Å². The number of methoxy groups -OCH3 is 1. The molecule has 0 saturated carbocycles. The van der Waals surface area contributed by atoms with Gasteiger partial charge in [0.25, 0.3) is 5.56 Å². The molecule has 0 bridgehead atoms. The van der Waals surface area contributed by atoms with Gasteiger partial charge >= 0.3 is 5.97 Å². The second-order valence-corrected chi connectivity index (χ2v) is 8.21. The normalized spacial score (nSPS) is 11.1. The first kappa shape index (κ1) is 22.3. The molecule has 1 aromatic heterocycles. The fraction of sp³-hybridized carbons (Fsp3) is 0.130. The van der Waals surface area contributed by atoms with E-state index in [1.165, 1.54) is 7.11 Å². The van der Waals surface area contributed by atoms with Crippen molar-refractivity contribution in [1.82, 2.24) is 4.57 Å². The molecule has 0 aliphatic rings. The summed E-state index contributed by atoms with van der Waals surface area (Å²) in [5.74, 6) is -0.384. The highest BCUT2D eigenvalue weighted by Gasteiger charge is 2.11. The summed E-state index contributed by atoms with van der Waals surface area (Å²) in [5.41, 5.74) is 2.82. The van der Waals surface area contributed by atoms with Gasteiger partial charge in [0.05, 0.1) is 18.4 Å². The van der Waals surface area contributed by atoms with Crippen LogP contribution in [-0.2, 0) is 17.7 Å². The molecule has 4 nitrogen and oxygen atoms in total. The molecule has 0 saturated heterocycles. The highest BCUT2D eigenvalue weighted by Crippen LogP contribution is 2.22. The van der Waals surface area contributed by atoms with E-state index in [-0.39, 0.29) is 16.6 Å². The Balaban J connectivity index is 1.88. The van der Waals surface area contributed by atoms with Gasteiger partial charge in [-0.25, -0.2) is 4.79 Å². The van der Waals surface area contributed by atoms with Crippen LogP contribution in [0.15, 0.2) is 63.9 Å². The van der Waals surface area contributed by atoms with Gasteiger partial charge in [0.2, 0.25) is 0 Å². The number of rotatable bonds is 6. The maximum Gasteiger partial charge on any atom is 0.337 e. The maximum atomic E-state index is 12.7. The number of hydrogen-bond acceptors (Lipinski definition) is 3. The van der Waals surface area contributed by atoms with Crippen LogP contribution in [0.5, 0.6) is 0 Å². The van der Waals surface area contributed by atoms with Crippen LogP contribution in [0.3, 0.4) is 0 Å². The highest BCUT2D eigenvalue weighted by molar-refractivity contribution is 9.10. The molecular weight excluding hydrogens is 489 g/mol. The molecule has 0 radical (unpaired) electrons. The molecule has 3 rings (SSSR count). The molecule has 0 N–H and O–H groups in total. The standard InChI is InChI=1S/C23H18BrCl2NO3/c1-30-23(29)17-8-5-15(6-9-17)11-12-27-21(19(24)14-20(26)22(27)28)10-7-16-3-2-4-18(25)13-16/h2-10,13-14H,11-12H2,1H3/b10-7+. The number of pyridine rings is 1. The maximum absolute atomic E-state index is 12.7. The third-order valence-corrected chi connectivity index (χ3v) is 5.66. The van der Waals surface area contributed by atoms with E-state index in [1.807, 2.05) is 42.5 Å². The minimum absolute atomic E-state index is 0.141. The Labute approximate surface area is 192 Å². The van der Waals surface area contributed by atoms with E-state index in [0.29, 0.717) is 33.7 Å². The molecule has 154 valence electrons. The molecule has 0 amide bonds. The summed E-state index contributed by atoms with van der Waals surface area (Å²) in [4.78, 5) is 24.3. The molecular formula is C23H18BrCl2NO3. The molecule has 0 spiro atoms. The van der Waals surface area contributed by atoms with Crippen LogP contribution in [0.2, 0.25) is 10.0 Å². The van der Waals surface area contributed by atoms with Gasteiger partial charge in [0.15, 0.2) is 0 Å². The van der Waals surface area contributed by atoms with Crippen LogP contribution < -0.4 is 5.56 Å². The second-order valence-electron chi connectivity index (χ2n) is 6.51. The molecule has 0 unspecified atom stereocenters. The molecule has 7 heteroatoms. The van der Waals surface area contributed by atoms with Crippen molar-refractivity contribution in [1.29, 1.82) is 0 Å². The van der Waals surface area contributed by atoms with Gasteiger partial charge in [-0.2, -0.15) is 0 Å². The van der Waals surface area contributed by atoms with Crippen LogP contribution in [-0.4, -0.2) is 17.6 Å². The second kappa shape index (κ2) is 10.1. The number of benzene rings is 2. The van der Waals surface area contributed by atoms with E-state index in [4.69, 9.17) is 27.9 Å². The van der Waals surface area contributed by atoms with Crippen molar-refractivity contribution in [3.63, 3.8) is 0 Å². The smallest absolute Gasteiger partial charge is 0.337 e. The van der Waals surface area contributed by atoms with E-state index in [2.05, 4.69) is 15.9 Å². The minimum Gasteiger partial charge on any atom is -0.465 e. The Bertz CT molecular complexity index is 1150. The summed E-state index contributed by atoms with van der Waals surface area (Å²) in [6, 6.07) is 16.1. The van der Waals surface area contributed by atoms with E-state index >= 15 is 0 Å². The zero-order chi connectivity index (χ0) is 21.7. The van der Waals surface area contributed by atoms with Crippen molar-refractivity contribution in [2.45, 2.75) is 13.0 Å². The van der Waals surface area contributed by atoms with Gasteiger partial charge in [0, 0.05) is 16.0 Å². The van der Waals surface area contributed by atoms with Gasteiger partial charge in [0.1, 0.15) is 5.02 Å². The number of halogens is 3. The quantitative estimate of drug-likeness (QED) is 0.378. The predicted octanol–water partition coefficient (Wildman–Crippen LogP) is 6.12. The van der Waals surface area contributed by atoms with E-state index in [0.717, 1.165) is 11.1 Å². The van der Waals surface area contributed by atoms with Crippen molar-refractivity contribution < 1.29 is 9.53 Å². The average Bonchev–Trinajstić information content (AvgIpc) is 2.74. The third-order valence-electron chi connectivity index (χ3n) is 4.52. The lowest BCUT2D eigenvalue weighted by molar-refractivity contribution is 0.0600. The largest absolute Gasteiger partial charge is 0.465 e. The van der Waals surface area contributed by atoms with Gasteiger partial charge in [-0.15, -0.1) is 0 Å². The lowest BCUT2D eigenvalue weighted by Crippen LogP contribution is -2.24. The number of esters is 1. The van der Waals surface area contributed by atoms with Crippen molar-refractivity contribution in [2.24, 2.45) is 0 Å². The predicted molar refractivity (Wildman–Crippen MR) is 125 cm³/mol. The van der Waals surface area contributed by atoms with E-state index in [1.54, 1.807) is 28.8 Å². The Morgan fingerprint density at radius 3 is 2.50 bits per heavy atom. The van der Waals surface area contributed by atoms with Crippen LogP contribution >= 0.6 is 39.1 Å². The highest BCUT2D eigenvalue weighted by atomic mass is 79.9. The molecule has 2 aromatic carbocycles. The SMILES string of the molecule is COC(=O)c1ccc(CCn2c(/C=C/c3cccc(Cl)c3)c(Br)cc(Cl)c2=O)cc1. The van der Waals surface area contributed by atoms with Crippen molar-refractivity contribution in [3.8, 4) is 0 Å². The number of nitrogens with zero attached hydrogens (tertiary/aromatic N) is 1. The molecule has 0 aliphatic heterocycles. The summed E-state index contributed by atoms with van der Waals surface area (Å²) in [6.45, 7) is 0.421. The number of carbonyl (C=O) groups excluding carboxylic acids is 1. The summed E-state index contributed by atoms with van der Waals surface area (Å²) in [5, 5.41) is 0.780. The summed E-state index contributed by atoms with van der Waals surface area (Å²) >= 11 is 15.7. The number of aromatic nitrogens is 1. The molecule has 1 heterocycles. The number of carbonyl (C=O) groups is 1. The van der Waals surface area contributed by atoms with Gasteiger partial charge < -0.3 is 9.30 Å². The first-order chi connectivity index (χ1) is 14.4. The van der Waals surface area contributed by atoms with Crippen LogP contribution in [0.25, 0.3) is 12.2 Å². The zero-order valence-corrected chi connectivity index (χ0v) is 19.2. The summed E-state index contributed by atoms with van der Waals surface area (Å²) in [6.07, 6.45) is 4.33. The van der Waals surface area contributed by atoms with Crippen molar-refractivity contribution in [2.75, 3.05) is 7.11 Å². The Morgan fingerprint density at radius 2 is 1.83 bits per heavy atom. The number of ether oxygens (including phenoxy) is 1. The Kier molecular flexibility index (Phi) is 7.53. The van der Waals surface area contributed by atoms with Gasteiger partial charge in [-0.05, 0) is 69.9 Å². The third kappa shape index (κ3) is 5.42. The van der Waals surface area contributed by atoms with Gasteiger partial charge in [-0.3, -0.25) is 4.79 Å². The average molecular weight is 507 g/mol. The topological polar surface area (TPSA) is 48.3 Å². The lowest BCUT2D eigenvalue weighted by Gasteiger charge is -2.13. The van der Waals surface area contributed by atoms with Crippen LogP contribution in [0, 0.1) is 0 Å². The van der Waals surface area contributed by atoms with E-state index < -0.39 is 0 Å². The van der Waals surface area contributed by atoms with Crippen LogP contribution in [0.4, 0.5) is 0 Å². The van der Waals surface area contributed by atoms with Crippen LogP contribution in [0.1, 0.15) is 27.2 Å². The first-order valence-corrected chi connectivity index (χ1v) is 10.6. The molecule has 30 heavy (non-hydrogen) atoms. The molecule has 0 aliphatic carbocycles. The Hall–Kier alpha value is -2.34. The van der Waals surface area contributed by atoms with E-state index in [9.17, 15) is 9.59 Å². The summed E-state index contributed by atoms with van der Waals surface area (Å²) < 4.78 is 7.05. The zero-order valence-electron chi connectivity index (χ0n) is 16.1. The Morgan fingerprint density at radius 1 is 1.10 bits per heavy atom. The minimum atomic E-state index is -0.384. The molecule has 0 fully saturated rings. The number of aryl methyl sites for hydroxylation is 1. The summed E-state index contributed by atoms with van der Waals surface area (Å²) in [7, 11) is 1.35. The molecule has 0 atom stereocenters. The monoisotopic (exact) mass is 505 g/mol. The van der Waals surface area contributed by atoms with Crippen molar-refractivity contribution in [3.05, 3.63) is 102 Å². The first-order valence-electron chi connectivity index (χ1n) is 9.09. The molecule has 3 aromatic rings. The van der Waals surface area contributed by atoms with Gasteiger partial charge in [-0.1, -0.05) is 53.5 Å². The fourth-order valence-corrected chi connectivity index (χ4v) is 4.07.